The molecule has 0 radical (unpaired) electrons. The Bertz CT molecular complexity index is 1040. The molecule has 0 saturated carbocycles. The summed E-state index contributed by atoms with van der Waals surface area (Å²) in [5.74, 6) is 0. The number of fused-ring (bicyclic) bond motifs is 3. The van der Waals surface area contributed by atoms with Crippen molar-refractivity contribution in [2.45, 2.75) is 26.3 Å². The Labute approximate surface area is 175 Å². The van der Waals surface area contributed by atoms with Gasteiger partial charge in [-0.2, -0.15) is 18.4 Å². The average Bonchev–Trinajstić information content (AvgIpc) is 2.54. The van der Waals surface area contributed by atoms with E-state index in [4.69, 9.17) is 18.2 Å². The molecule has 0 spiro atoms. The average molecular weight is 506 g/mol. The minimum absolute atomic E-state index is 0. The monoisotopic (exact) mass is 505 g/mol. The van der Waals surface area contributed by atoms with Gasteiger partial charge in [-0.15, -0.1) is 0 Å². The van der Waals surface area contributed by atoms with E-state index >= 15 is 0 Å². The minimum Gasteiger partial charge on any atom is -0.741 e. The molecule has 0 fully saturated rings. The molecule has 11 heteroatoms. The molecule has 0 N–H and O–H groups in total. The number of benzene rings is 1. The zero-order valence-electron chi connectivity index (χ0n) is 14.9. The van der Waals surface area contributed by atoms with Crippen molar-refractivity contribution in [3.63, 3.8) is 0 Å². The van der Waals surface area contributed by atoms with Gasteiger partial charge in [-0.3, -0.25) is 9.97 Å². The molecule has 0 aliphatic carbocycles. The molecular weight excluding hydrogens is 491 g/mol. The van der Waals surface area contributed by atoms with Crippen LogP contribution in [0.1, 0.15) is 18.3 Å². The molecule has 0 bridgehead atoms. The van der Waals surface area contributed by atoms with Gasteiger partial charge in [0.1, 0.15) is 0 Å². The molecule has 2 aromatic heterocycles. The summed E-state index contributed by atoms with van der Waals surface area (Å²) < 4.78 is 58.9. The van der Waals surface area contributed by atoms with E-state index in [1.807, 2.05) is 26.0 Å². The summed E-state index contributed by atoms with van der Waals surface area (Å²) in [7, 11) is -6.09. The van der Waals surface area contributed by atoms with Gasteiger partial charge in [0.05, 0.1) is 17.1 Å². The predicted molar refractivity (Wildman–Crippen MR) is 93.6 cm³/mol. The van der Waals surface area contributed by atoms with Crippen LogP contribution in [0.5, 0.6) is 0 Å². The minimum atomic E-state index is -6.09. The number of aromatic nitrogens is 2. The van der Waals surface area contributed by atoms with E-state index in [2.05, 4.69) is 34.2 Å². The molecule has 1 aromatic carbocycles. The van der Waals surface area contributed by atoms with Crippen molar-refractivity contribution in [3.05, 3.63) is 47.8 Å². The molecule has 0 unspecified atom stereocenters. The molecule has 6 nitrogen and oxygen atoms in total. The van der Waals surface area contributed by atoms with Gasteiger partial charge in [0.25, 0.3) is 0 Å². The third-order valence-electron chi connectivity index (χ3n) is 3.08. The summed E-state index contributed by atoms with van der Waals surface area (Å²) in [6.07, 6.45) is 0. The third kappa shape index (κ3) is 7.18. The smallest absolute Gasteiger partial charge is 0.741 e. The molecule has 0 aliphatic heterocycles. The van der Waals surface area contributed by atoms with E-state index in [0.717, 1.165) is 33.2 Å². The Kier molecular flexibility index (Phi) is 9.74. The number of rotatable bonds is 0. The molecule has 28 heavy (non-hydrogen) atoms. The van der Waals surface area contributed by atoms with Gasteiger partial charge in [-0.25, -0.2) is 8.42 Å². The van der Waals surface area contributed by atoms with Crippen LogP contribution < -0.4 is 0 Å². The van der Waals surface area contributed by atoms with Crippen molar-refractivity contribution in [1.29, 1.82) is 5.26 Å². The van der Waals surface area contributed by atoms with Gasteiger partial charge in [-0.05, 0) is 26.0 Å². The summed E-state index contributed by atoms with van der Waals surface area (Å²) >= 11 is 0. The van der Waals surface area contributed by atoms with Gasteiger partial charge in [-0.1, -0.05) is 24.3 Å². The van der Waals surface area contributed by atoms with Gasteiger partial charge in [0, 0.05) is 29.1 Å². The third-order valence-corrected chi connectivity index (χ3v) is 3.65. The fraction of sp³-hybridized carbons (Fsp3) is 0.235. The molecule has 0 amide bonds. The second-order valence-electron chi connectivity index (χ2n) is 5.24. The van der Waals surface area contributed by atoms with E-state index in [1.54, 1.807) is 6.07 Å². The zero-order valence-corrected chi connectivity index (χ0v) is 17.2. The molecule has 0 atom stereocenters. The van der Waals surface area contributed by atoms with E-state index in [1.165, 1.54) is 6.92 Å². The quantitative estimate of drug-likeness (QED) is 0.198. The molecule has 3 aromatic rings. The van der Waals surface area contributed by atoms with Crippen molar-refractivity contribution < 1.29 is 48.5 Å². The SMILES string of the molecule is CC#N.Cc1ccc2ccc3ccc(C)nc3c2n1.O=S(=O)([O-])C(F)(F)F.[Ag+]. The summed E-state index contributed by atoms with van der Waals surface area (Å²) in [5.41, 5.74) is -1.58. The summed E-state index contributed by atoms with van der Waals surface area (Å²) in [6.45, 7) is 5.45. The van der Waals surface area contributed by atoms with Crippen LogP contribution >= 0.6 is 0 Å². The van der Waals surface area contributed by atoms with Crippen molar-refractivity contribution in [3.8, 4) is 6.07 Å². The van der Waals surface area contributed by atoms with Gasteiger partial charge < -0.3 is 4.55 Å². The molecule has 0 saturated heterocycles. The first-order valence-electron chi connectivity index (χ1n) is 7.37. The number of alkyl halides is 3. The standard InChI is InChI=1S/C14H12N2.C2H3N.CHF3O3S.Ag/c1-9-3-5-11-7-8-12-6-4-10(2)16-14(12)13(11)15-9;1-2-3;2-1(3,4)8(5,6)7;/h3-8H,1-2H3;1H3;(H,5,6,7);/q;;;+1/p-1. The van der Waals surface area contributed by atoms with Crippen LogP contribution in [0.2, 0.25) is 0 Å². The number of nitrogens with zero attached hydrogens (tertiary/aromatic N) is 3. The maximum absolute atomic E-state index is 10.7. The van der Waals surface area contributed by atoms with Crippen LogP contribution in [-0.2, 0) is 32.5 Å². The van der Waals surface area contributed by atoms with Gasteiger partial charge >= 0.3 is 27.9 Å². The van der Waals surface area contributed by atoms with Crippen molar-refractivity contribution in [2.75, 3.05) is 0 Å². The molecule has 154 valence electrons. The van der Waals surface area contributed by atoms with Crippen molar-refractivity contribution in [1.82, 2.24) is 9.97 Å². The fourth-order valence-electron chi connectivity index (χ4n) is 1.96. The normalized spacial score (nSPS) is 10.6. The van der Waals surface area contributed by atoms with Gasteiger partial charge in [0.15, 0.2) is 10.1 Å². The first kappa shape index (κ1) is 26.0. The number of nitriles is 1. The number of hydrogen-bond acceptors (Lipinski definition) is 6. The van der Waals surface area contributed by atoms with Crippen molar-refractivity contribution in [2.24, 2.45) is 0 Å². The zero-order chi connectivity index (χ0) is 20.8. The molecule has 0 aliphatic rings. The number of hydrogen-bond donors (Lipinski definition) is 0. The first-order chi connectivity index (χ1) is 12.4. The Morgan fingerprint density at radius 3 is 1.43 bits per heavy atom. The van der Waals surface area contributed by atoms with E-state index < -0.39 is 15.6 Å². The van der Waals surface area contributed by atoms with Crippen LogP contribution in [0.25, 0.3) is 21.8 Å². The Balaban J connectivity index is 0.000000521. The largest absolute Gasteiger partial charge is 1.00 e. The fourth-order valence-corrected chi connectivity index (χ4v) is 1.96. The summed E-state index contributed by atoms with van der Waals surface area (Å²) in [4.78, 5) is 9.16. The number of halogens is 3. The van der Waals surface area contributed by atoms with Crippen LogP contribution in [0.4, 0.5) is 13.2 Å². The number of aryl methyl sites for hydroxylation is 2. The maximum atomic E-state index is 10.7. The Morgan fingerprint density at radius 2 is 1.18 bits per heavy atom. The Morgan fingerprint density at radius 1 is 0.929 bits per heavy atom. The van der Waals surface area contributed by atoms with Crippen LogP contribution in [-0.4, -0.2) is 28.4 Å². The van der Waals surface area contributed by atoms with Gasteiger partial charge in [0.2, 0.25) is 0 Å². The second-order valence-corrected chi connectivity index (χ2v) is 6.61. The molecular formula is C17H15AgF3N3O3S. The van der Waals surface area contributed by atoms with Crippen molar-refractivity contribution >= 4 is 31.9 Å². The second kappa shape index (κ2) is 10.5. The predicted octanol–water partition coefficient (Wildman–Crippen LogP) is 3.98. The Hall–Kier alpha value is -2.03. The van der Waals surface area contributed by atoms with Crippen LogP contribution in [0, 0.1) is 25.2 Å². The number of pyridine rings is 2. The maximum Gasteiger partial charge on any atom is 1.00 e. The van der Waals surface area contributed by atoms with Crippen LogP contribution in [0.3, 0.4) is 0 Å². The van der Waals surface area contributed by atoms with E-state index in [9.17, 15) is 13.2 Å². The van der Waals surface area contributed by atoms with E-state index in [-0.39, 0.29) is 22.4 Å². The first-order valence-corrected chi connectivity index (χ1v) is 8.78. The molecule has 2 heterocycles. The summed E-state index contributed by atoms with van der Waals surface area (Å²) in [5, 5.41) is 9.62. The summed E-state index contributed by atoms with van der Waals surface area (Å²) in [6, 6.07) is 14.2. The van der Waals surface area contributed by atoms with E-state index in [0.29, 0.717) is 0 Å². The van der Waals surface area contributed by atoms with Crippen LogP contribution in [0.15, 0.2) is 36.4 Å². The topological polar surface area (TPSA) is 107 Å². The molecule has 3 rings (SSSR count).